The van der Waals surface area contributed by atoms with Crippen LogP contribution in [0.2, 0.25) is 0 Å². The smallest absolute Gasteiger partial charge is 0.261 e. The summed E-state index contributed by atoms with van der Waals surface area (Å²) in [5.41, 5.74) is 1.52. The number of hydrogen-bond donors (Lipinski definition) is 3. The summed E-state index contributed by atoms with van der Waals surface area (Å²) in [6.07, 6.45) is 0.799. The van der Waals surface area contributed by atoms with E-state index >= 15 is 0 Å². The van der Waals surface area contributed by atoms with Crippen LogP contribution in [0.15, 0.2) is 53.4 Å². The van der Waals surface area contributed by atoms with E-state index in [2.05, 4.69) is 15.4 Å². The summed E-state index contributed by atoms with van der Waals surface area (Å²) in [4.78, 5) is 23.7. The van der Waals surface area contributed by atoms with E-state index in [-0.39, 0.29) is 22.9 Å². The first-order chi connectivity index (χ1) is 12.8. The first kappa shape index (κ1) is 20.4. The second-order valence-electron chi connectivity index (χ2n) is 6.04. The molecule has 0 fully saturated rings. The molecule has 0 bridgehead atoms. The van der Waals surface area contributed by atoms with E-state index in [1.807, 2.05) is 19.9 Å². The third kappa shape index (κ3) is 6.10. The molecule has 0 aliphatic carbocycles. The average molecular weight is 389 g/mol. The molecular formula is C19H23N3O4S. The quantitative estimate of drug-likeness (QED) is 0.643. The molecule has 0 atom stereocenters. The highest BCUT2D eigenvalue weighted by Gasteiger charge is 2.17. The van der Waals surface area contributed by atoms with Gasteiger partial charge in [0.25, 0.3) is 15.9 Å². The highest BCUT2D eigenvalue weighted by Crippen LogP contribution is 2.18. The van der Waals surface area contributed by atoms with E-state index in [1.165, 1.54) is 24.3 Å². The SMILES string of the molecule is CCCNC(=O)CNC(=O)c1cccc(S(=O)(=O)Nc2cccc(C)c2)c1. The number of amides is 2. The maximum absolute atomic E-state index is 12.6. The molecule has 2 aromatic carbocycles. The summed E-state index contributed by atoms with van der Waals surface area (Å²) in [7, 11) is -3.84. The van der Waals surface area contributed by atoms with Crippen LogP contribution in [0, 0.1) is 6.92 Å². The Hall–Kier alpha value is -2.87. The Kier molecular flexibility index (Phi) is 6.95. The largest absolute Gasteiger partial charge is 0.355 e. The second kappa shape index (κ2) is 9.18. The van der Waals surface area contributed by atoms with E-state index in [0.717, 1.165) is 12.0 Å². The van der Waals surface area contributed by atoms with Crippen LogP contribution in [-0.2, 0) is 14.8 Å². The number of anilines is 1. The van der Waals surface area contributed by atoms with E-state index in [1.54, 1.807) is 18.2 Å². The Labute approximate surface area is 159 Å². The molecular weight excluding hydrogens is 366 g/mol. The fourth-order valence-electron chi connectivity index (χ4n) is 2.32. The van der Waals surface area contributed by atoms with Gasteiger partial charge in [-0.25, -0.2) is 8.42 Å². The molecule has 8 heteroatoms. The van der Waals surface area contributed by atoms with E-state index in [9.17, 15) is 18.0 Å². The van der Waals surface area contributed by atoms with Crippen molar-refractivity contribution >= 4 is 27.5 Å². The zero-order chi connectivity index (χ0) is 19.9. The number of rotatable bonds is 8. The number of nitrogens with one attached hydrogen (secondary N) is 3. The minimum Gasteiger partial charge on any atom is -0.355 e. The molecule has 7 nitrogen and oxygen atoms in total. The van der Waals surface area contributed by atoms with Gasteiger partial charge in [-0.05, 0) is 49.2 Å². The predicted molar refractivity (Wildman–Crippen MR) is 104 cm³/mol. The molecule has 0 saturated carbocycles. The normalized spacial score (nSPS) is 10.9. The highest BCUT2D eigenvalue weighted by molar-refractivity contribution is 7.92. The molecule has 144 valence electrons. The van der Waals surface area contributed by atoms with E-state index in [0.29, 0.717) is 12.2 Å². The number of benzene rings is 2. The third-order valence-corrected chi connectivity index (χ3v) is 5.04. The average Bonchev–Trinajstić information content (AvgIpc) is 2.64. The van der Waals surface area contributed by atoms with Crippen molar-refractivity contribution in [3.05, 3.63) is 59.7 Å². The van der Waals surface area contributed by atoms with Gasteiger partial charge in [0.15, 0.2) is 0 Å². The van der Waals surface area contributed by atoms with Crippen LogP contribution in [0.25, 0.3) is 0 Å². The summed E-state index contributed by atoms with van der Waals surface area (Å²) in [5, 5.41) is 5.12. The van der Waals surface area contributed by atoms with Crippen molar-refractivity contribution in [2.75, 3.05) is 17.8 Å². The Bertz CT molecular complexity index is 926. The lowest BCUT2D eigenvalue weighted by Gasteiger charge is -2.10. The molecule has 0 aliphatic rings. The van der Waals surface area contributed by atoms with Crippen molar-refractivity contribution in [3.63, 3.8) is 0 Å². The fraction of sp³-hybridized carbons (Fsp3) is 0.263. The zero-order valence-corrected chi connectivity index (χ0v) is 16.1. The lowest BCUT2D eigenvalue weighted by Crippen LogP contribution is -2.37. The van der Waals surface area contributed by atoms with Gasteiger partial charge in [0, 0.05) is 17.8 Å². The van der Waals surface area contributed by atoms with Gasteiger partial charge in [0.2, 0.25) is 5.91 Å². The number of sulfonamides is 1. The van der Waals surface area contributed by atoms with Gasteiger partial charge in [-0.3, -0.25) is 14.3 Å². The van der Waals surface area contributed by atoms with E-state index in [4.69, 9.17) is 0 Å². The summed E-state index contributed by atoms with van der Waals surface area (Å²) >= 11 is 0. The molecule has 0 radical (unpaired) electrons. The molecule has 0 aliphatic heterocycles. The van der Waals surface area contributed by atoms with Crippen molar-refractivity contribution in [2.45, 2.75) is 25.2 Å². The Balaban J connectivity index is 2.09. The van der Waals surface area contributed by atoms with Crippen molar-refractivity contribution in [1.29, 1.82) is 0 Å². The minimum atomic E-state index is -3.84. The lowest BCUT2D eigenvalue weighted by molar-refractivity contribution is -0.120. The minimum absolute atomic E-state index is 0.0351. The molecule has 27 heavy (non-hydrogen) atoms. The maximum Gasteiger partial charge on any atom is 0.261 e. The van der Waals surface area contributed by atoms with Crippen molar-refractivity contribution in [1.82, 2.24) is 10.6 Å². The Morgan fingerprint density at radius 3 is 2.44 bits per heavy atom. The van der Waals surface area contributed by atoms with Crippen LogP contribution < -0.4 is 15.4 Å². The van der Waals surface area contributed by atoms with Gasteiger partial charge in [-0.15, -0.1) is 0 Å². The van der Waals surface area contributed by atoms with E-state index < -0.39 is 15.9 Å². The van der Waals surface area contributed by atoms with Crippen molar-refractivity contribution in [3.8, 4) is 0 Å². The first-order valence-corrected chi connectivity index (χ1v) is 10.0. The number of aryl methyl sites for hydroxylation is 1. The molecule has 0 spiro atoms. The van der Waals surface area contributed by atoms with Gasteiger partial charge in [-0.2, -0.15) is 0 Å². The van der Waals surface area contributed by atoms with Crippen LogP contribution in [0.4, 0.5) is 5.69 Å². The van der Waals surface area contributed by atoms with Crippen molar-refractivity contribution < 1.29 is 18.0 Å². The van der Waals surface area contributed by atoms with Crippen molar-refractivity contribution in [2.24, 2.45) is 0 Å². The molecule has 0 unspecified atom stereocenters. The van der Waals surface area contributed by atoms with Gasteiger partial charge in [0.1, 0.15) is 0 Å². The maximum atomic E-state index is 12.6. The first-order valence-electron chi connectivity index (χ1n) is 8.56. The Morgan fingerprint density at radius 1 is 1.00 bits per heavy atom. The van der Waals surface area contributed by atoms with Gasteiger partial charge in [0.05, 0.1) is 11.4 Å². The molecule has 0 heterocycles. The van der Waals surface area contributed by atoms with Gasteiger partial charge in [-0.1, -0.05) is 25.1 Å². The van der Waals surface area contributed by atoms with Gasteiger partial charge < -0.3 is 10.6 Å². The Morgan fingerprint density at radius 2 is 1.74 bits per heavy atom. The monoisotopic (exact) mass is 389 g/mol. The molecule has 2 rings (SSSR count). The molecule has 2 amide bonds. The summed E-state index contributed by atoms with van der Waals surface area (Å²) in [6.45, 7) is 4.15. The summed E-state index contributed by atoms with van der Waals surface area (Å²) < 4.78 is 27.6. The second-order valence-corrected chi connectivity index (χ2v) is 7.72. The predicted octanol–water partition coefficient (Wildman–Crippen LogP) is 2.05. The summed E-state index contributed by atoms with van der Waals surface area (Å²) in [5.74, 6) is -0.815. The molecule has 0 aromatic heterocycles. The number of carbonyl (C=O) groups excluding carboxylic acids is 2. The topological polar surface area (TPSA) is 104 Å². The number of carbonyl (C=O) groups is 2. The van der Waals surface area contributed by atoms with Crippen LogP contribution in [0.3, 0.4) is 0 Å². The fourth-order valence-corrected chi connectivity index (χ4v) is 3.41. The standard InChI is InChI=1S/C19H23N3O4S/c1-3-10-20-18(23)13-21-19(24)15-7-5-9-17(12-15)27(25,26)22-16-8-4-6-14(2)11-16/h4-9,11-12,22H,3,10,13H2,1-2H3,(H,20,23)(H,21,24). The third-order valence-electron chi connectivity index (χ3n) is 3.66. The lowest BCUT2D eigenvalue weighted by atomic mass is 10.2. The van der Waals surface area contributed by atoms with Crippen LogP contribution in [-0.4, -0.2) is 33.3 Å². The van der Waals surface area contributed by atoms with Crippen LogP contribution >= 0.6 is 0 Å². The summed E-state index contributed by atoms with van der Waals surface area (Å²) in [6, 6.07) is 12.6. The van der Waals surface area contributed by atoms with Gasteiger partial charge >= 0.3 is 0 Å². The van der Waals surface area contributed by atoms with Crippen LogP contribution in [0.5, 0.6) is 0 Å². The van der Waals surface area contributed by atoms with Crippen LogP contribution in [0.1, 0.15) is 29.3 Å². The zero-order valence-electron chi connectivity index (χ0n) is 15.3. The molecule has 2 aromatic rings. The number of hydrogen-bond acceptors (Lipinski definition) is 4. The molecule has 3 N–H and O–H groups in total. The molecule has 0 saturated heterocycles. The highest BCUT2D eigenvalue weighted by atomic mass is 32.2.